The second-order valence-corrected chi connectivity index (χ2v) is 11.4. The van der Waals surface area contributed by atoms with Gasteiger partial charge in [-0.25, -0.2) is 0 Å². The molecule has 1 aromatic heterocycles. The van der Waals surface area contributed by atoms with E-state index in [2.05, 4.69) is 145 Å². The summed E-state index contributed by atoms with van der Waals surface area (Å²) in [4.78, 5) is 14.0. The van der Waals surface area contributed by atoms with E-state index in [0.29, 0.717) is 6.54 Å². The van der Waals surface area contributed by atoms with Crippen molar-refractivity contribution in [3.8, 4) is 22.3 Å². The average molecular weight is 604 g/mol. The van der Waals surface area contributed by atoms with Crippen LogP contribution >= 0.6 is 0 Å². The van der Waals surface area contributed by atoms with Gasteiger partial charge in [-0.05, 0) is 73.8 Å². The first-order valence-electron chi connectivity index (χ1n) is 15.7. The third-order valence-electron chi connectivity index (χ3n) is 8.46. The lowest BCUT2D eigenvalue weighted by Crippen LogP contribution is -2.22. The number of aliphatic imine (C=N–C) groups is 2. The van der Waals surface area contributed by atoms with Crippen LogP contribution in [0.2, 0.25) is 0 Å². The molecular formula is C44H33N3. The maximum Gasteiger partial charge on any atom is 0.0744 e. The molecule has 0 spiro atoms. The summed E-state index contributed by atoms with van der Waals surface area (Å²) in [6.07, 6.45) is 7.78. The fourth-order valence-corrected chi connectivity index (χ4v) is 6.08. The van der Waals surface area contributed by atoms with Crippen LogP contribution in [0.15, 0.2) is 168 Å². The standard InChI is InChI=1S/C44H33N3/c1-31-11-3-4-12-32(31)23-24-47-44(39-19-9-16-35(26-39)36-22-21-33-13-5-6-14-34(33)25-36)43(29-45-2)38-18-10-17-37(27-38)42-30-46-28-40-15-7-8-20-41(40)42/h3-23,25-30H,1-2,24H2/b32-23+,43-29-,47-44-. The lowest BCUT2D eigenvalue weighted by atomic mass is 9.91. The first-order valence-corrected chi connectivity index (χ1v) is 15.7. The van der Waals surface area contributed by atoms with E-state index in [1.165, 1.54) is 10.8 Å². The number of rotatable bonds is 8. The van der Waals surface area contributed by atoms with E-state index in [1.54, 1.807) is 0 Å². The zero-order valence-electron chi connectivity index (χ0n) is 26.1. The second kappa shape index (κ2) is 13.4. The SMILES string of the molecule is C=N/C=C(\C(=N/C/C=c1\ccccc1=C)c1cccc(-c2ccc3ccccc3c2)c1)c1cccc(-c2cncc3ccccc23)c1. The number of allylic oxidation sites excluding steroid dienone is 1. The number of hydrogen-bond acceptors (Lipinski definition) is 3. The zero-order chi connectivity index (χ0) is 32.0. The quantitative estimate of drug-likeness (QED) is 0.160. The molecule has 0 amide bonds. The predicted molar refractivity (Wildman–Crippen MR) is 201 cm³/mol. The summed E-state index contributed by atoms with van der Waals surface area (Å²) in [7, 11) is 0. The topological polar surface area (TPSA) is 37.6 Å². The van der Waals surface area contributed by atoms with Crippen LogP contribution in [0.25, 0.3) is 62.0 Å². The molecule has 6 aromatic carbocycles. The molecule has 224 valence electrons. The number of benzene rings is 6. The molecule has 0 aliphatic carbocycles. The minimum atomic E-state index is 0.476. The van der Waals surface area contributed by atoms with Crippen LogP contribution in [0, 0.1) is 0 Å². The van der Waals surface area contributed by atoms with Gasteiger partial charge in [-0.3, -0.25) is 15.0 Å². The molecule has 0 fully saturated rings. The highest BCUT2D eigenvalue weighted by Gasteiger charge is 2.15. The Balaban J connectivity index is 1.36. The summed E-state index contributed by atoms with van der Waals surface area (Å²) < 4.78 is 0. The second-order valence-electron chi connectivity index (χ2n) is 11.4. The van der Waals surface area contributed by atoms with Crippen molar-refractivity contribution in [1.29, 1.82) is 0 Å². The van der Waals surface area contributed by atoms with Gasteiger partial charge in [-0.2, -0.15) is 0 Å². The first kappa shape index (κ1) is 29.5. The monoisotopic (exact) mass is 603 g/mol. The first-order chi connectivity index (χ1) is 23.2. The summed E-state index contributed by atoms with van der Waals surface area (Å²) in [5.41, 5.74) is 8.15. The van der Waals surface area contributed by atoms with Gasteiger partial charge in [-0.15, -0.1) is 0 Å². The fraction of sp³-hybridized carbons (Fsp3) is 0.0227. The van der Waals surface area contributed by atoms with Crippen LogP contribution < -0.4 is 10.4 Å². The normalized spacial score (nSPS) is 12.5. The van der Waals surface area contributed by atoms with Crippen LogP contribution in [0.3, 0.4) is 0 Å². The number of nitrogens with zero attached hydrogens (tertiary/aromatic N) is 3. The van der Waals surface area contributed by atoms with Crippen LogP contribution in [-0.4, -0.2) is 24.0 Å². The smallest absolute Gasteiger partial charge is 0.0744 e. The largest absolute Gasteiger partial charge is 0.280 e. The van der Waals surface area contributed by atoms with Crippen molar-refractivity contribution < 1.29 is 0 Å². The molecule has 1 heterocycles. The summed E-state index contributed by atoms with van der Waals surface area (Å²) in [5, 5.41) is 6.74. The third-order valence-corrected chi connectivity index (χ3v) is 8.46. The summed E-state index contributed by atoms with van der Waals surface area (Å²) in [6.45, 7) is 8.52. The highest BCUT2D eigenvalue weighted by Crippen LogP contribution is 2.32. The van der Waals surface area contributed by atoms with E-state index in [0.717, 1.165) is 65.9 Å². The van der Waals surface area contributed by atoms with E-state index >= 15 is 0 Å². The van der Waals surface area contributed by atoms with E-state index in [4.69, 9.17) is 4.99 Å². The van der Waals surface area contributed by atoms with Crippen molar-refractivity contribution in [2.24, 2.45) is 9.98 Å². The Labute approximate surface area is 275 Å². The Morgan fingerprint density at radius 3 is 2.17 bits per heavy atom. The highest BCUT2D eigenvalue weighted by atomic mass is 14.7. The molecule has 0 unspecified atom stereocenters. The van der Waals surface area contributed by atoms with Crippen molar-refractivity contribution in [2.75, 3.05) is 6.54 Å². The van der Waals surface area contributed by atoms with Gasteiger partial charge in [0.1, 0.15) is 0 Å². The average Bonchev–Trinajstić information content (AvgIpc) is 3.13. The molecule has 3 heteroatoms. The molecule has 7 rings (SSSR count). The van der Waals surface area contributed by atoms with Gasteiger partial charge in [0.15, 0.2) is 0 Å². The Kier molecular flexibility index (Phi) is 8.44. The Morgan fingerprint density at radius 1 is 0.617 bits per heavy atom. The molecule has 0 atom stereocenters. The van der Waals surface area contributed by atoms with Gasteiger partial charge in [0.05, 0.1) is 12.3 Å². The van der Waals surface area contributed by atoms with Crippen molar-refractivity contribution in [3.63, 3.8) is 0 Å². The van der Waals surface area contributed by atoms with Gasteiger partial charge in [0, 0.05) is 40.7 Å². The van der Waals surface area contributed by atoms with Gasteiger partial charge < -0.3 is 0 Å². The van der Waals surface area contributed by atoms with Gasteiger partial charge in [-0.1, -0.05) is 134 Å². The number of hydrogen-bond donors (Lipinski definition) is 0. The van der Waals surface area contributed by atoms with Gasteiger partial charge in [0.2, 0.25) is 0 Å². The van der Waals surface area contributed by atoms with Crippen molar-refractivity contribution in [2.45, 2.75) is 0 Å². The minimum Gasteiger partial charge on any atom is -0.280 e. The summed E-state index contributed by atoms with van der Waals surface area (Å²) >= 11 is 0. The molecule has 0 bridgehead atoms. The molecular weight excluding hydrogens is 571 g/mol. The molecule has 0 aliphatic rings. The van der Waals surface area contributed by atoms with Crippen LogP contribution in [-0.2, 0) is 0 Å². The maximum absolute atomic E-state index is 5.23. The van der Waals surface area contributed by atoms with E-state index in [9.17, 15) is 0 Å². The van der Waals surface area contributed by atoms with Gasteiger partial charge >= 0.3 is 0 Å². The predicted octanol–water partition coefficient (Wildman–Crippen LogP) is 9.14. The van der Waals surface area contributed by atoms with Gasteiger partial charge in [0.25, 0.3) is 0 Å². The Bertz CT molecular complexity index is 2430. The molecule has 0 aliphatic heterocycles. The van der Waals surface area contributed by atoms with E-state index < -0.39 is 0 Å². The molecule has 47 heavy (non-hydrogen) atoms. The molecule has 0 saturated carbocycles. The van der Waals surface area contributed by atoms with Crippen LogP contribution in [0.5, 0.6) is 0 Å². The van der Waals surface area contributed by atoms with E-state index in [-0.39, 0.29) is 0 Å². The number of fused-ring (bicyclic) bond motifs is 2. The molecule has 0 saturated heterocycles. The molecule has 7 aromatic rings. The third kappa shape index (κ3) is 6.33. The number of aromatic nitrogens is 1. The highest BCUT2D eigenvalue weighted by molar-refractivity contribution is 6.32. The number of pyridine rings is 1. The fourth-order valence-electron chi connectivity index (χ4n) is 6.08. The Morgan fingerprint density at radius 2 is 1.32 bits per heavy atom. The lowest BCUT2D eigenvalue weighted by molar-refractivity contribution is 1.28. The maximum atomic E-state index is 5.23. The lowest BCUT2D eigenvalue weighted by Gasteiger charge is -2.15. The Hall–Kier alpha value is -6.19. The van der Waals surface area contributed by atoms with Crippen molar-refractivity contribution in [3.05, 3.63) is 180 Å². The van der Waals surface area contributed by atoms with E-state index in [1.807, 2.05) is 42.9 Å². The molecule has 3 nitrogen and oxygen atoms in total. The zero-order valence-corrected chi connectivity index (χ0v) is 26.1. The minimum absolute atomic E-state index is 0.476. The van der Waals surface area contributed by atoms with Crippen molar-refractivity contribution >= 4 is 52.2 Å². The molecule has 0 N–H and O–H groups in total. The summed E-state index contributed by atoms with van der Waals surface area (Å²) in [6, 6.07) is 48.6. The van der Waals surface area contributed by atoms with Crippen LogP contribution in [0.1, 0.15) is 11.1 Å². The summed E-state index contributed by atoms with van der Waals surface area (Å²) in [5.74, 6) is 0. The van der Waals surface area contributed by atoms with Crippen molar-refractivity contribution in [1.82, 2.24) is 4.98 Å². The molecule has 0 radical (unpaired) electrons. The van der Waals surface area contributed by atoms with Crippen LogP contribution in [0.4, 0.5) is 0 Å².